The van der Waals surface area contributed by atoms with Crippen LogP contribution in [0.3, 0.4) is 0 Å². The number of nitrogens with zero attached hydrogens (tertiary/aromatic N) is 3. The molecule has 7 heteroatoms. The van der Waals surface area contributed by atoms with Gasteiger partial charge in [0.1, 0.15) is 5.01 Å². The Morgan fingerprint density at radius 3 is 3.00 bits per heavy atom. The van der Waals surface area contributed by atoms with Crippen molar-refractivity contribution in [3.05, 3.63) is 43.5 Å². The summed E-state index contributed by atoms with van der Waals surface area (Å²) in [6, 6.07) is 3.77. The highest BCUT2D eigenvalue weighted by atomic mass is 35.5. The molecule has 0 aliphatic heterocycles. The van der Waals surface area contributed by atoms with Crippen LogP contribution in [0.5, 0.6) is 0 Å². The molecule has 4 nitrogen and oxygen atoms in total. The number of pyridine rings is 1. The van der Waals surface area contributed by atoms with E-state index in [9.17, 15) is 4.79 Å². The molecule has 0 saturated carbocycles. The van der Waals surface area contributed by atoms with E-state index in [-0.39, 0.29) is 5.56 Å². The van der Waals surface area contributed by atoms with Crippen molar-refractivity contribution in [2.24, 2.45) is 0 Å². The highest BCUT2D eigenvalue weighted by Crippen LogP contribution is 2.18. The zero-order valence-electron chi connectivity index (χ0n) is 8.46. The molecule has 0 N–H and O–H groups in total. The lowest BCUT2D eigenvalue weighted by molar-refractivity contribution is 0.752. The zero-order chi connectivity index (χ0) is 11.8. The third-order valence-corrected chi connectivity index (χ3v) is 4.23. The first kappa shape index (κ1) is 10.9. The molecule has 0 spiro atoms. The van der Waals surface area contributed by atoms with Gasteiger partial charge in [-0.1, -0.05) is 11.3 Å². The van der Waals surface area contributed by atoms with Gasteiger partial charge in [-0.25, -0.2) is 0 Å². The molecule has 0 aliphatic rings. The Labute approximate surface area is 109 Å². The van der Waals surface area contributed by atoms with Crippen molar-refractivity contribution in [3.63, 3.8) is 0 Å². The van der Waals surface area contributed by atoms with Crippen molar-refractivity contribution in [3.8, 4) is 0 Å². The van der Waals surface area contributed by atoms with Crippen LogP contribution < -0.4 is 5.56 Å². The second kappa shape index (κ2) is 4.21. The first-order valence-electron chi connectivity index (χ1n) is 4.78. The lowest BCUT2D eigenvalue weighted by Crippen LogP contribution is -2.19. The first-order chi connectivity index (χ1) is 8.24. The summed E-state index contributed by atoms with van der Waals surface area (Å²) in [7, 11) is 0. The predicted molar refractivity (Wildman–Crippen MR) is 70.1 cm³/mol. The molecule has 17 heavy (non-hydrogen) atoms. The van der Waals surface area contributed by atoms with Gasteiger partial charge in [-0.15, -0.1) is 21.5 Å². The second-order valence-corrected chi connectivity index (χ2v) is 5.99. The van der Waals surface area contributed by atoms with E-state index in [2.05, 4.69) is 10.2 Å². The third kappa shape index (κ3) is 1.99. The number of fused-ring (bicyclic) bond motifs is 1. The van der Waals surface area contributed by atoms with Crippen molar-refractivity contribution in [1.29, 1.82) is 0 Å². The van der Waals surface area contributed by atoms with Crippen LogP contribution >= 0.6 is 34.3 Å². The SMILES string of the molecule is O=c1c2ccsc2ccn1Cc1nnc(Cl)s1. The van der Waals surface area contributed by atoms with Gasteiger partial charge in [0.25, 0.3) is 5.56 Å². The quantitative estimate of drug-likeness (QED) is 0.726. The lowest BCUT2D eigenvalue weighted by atomic mass is 10.3. The Morgan fingerprint density at radius 1 is 1.35 bits per heavy atom. The number of rotatable bonds is 2. The predicted octanol–water partition coefficient (Wildman–Crippen LogP) is 2.62. The van der Waals surface area contributed by atoms with Crippen LogP contribution in [0.25, 0.3) is 10.1 Å². The Bertz CT molecular complexity index is 730. The molecule has 3 rings (SSSR count). The summed E-state index contributed by atoms with van der Waals surface area (Å²) in [5.41, 5.74) is -0.00456. The molecule has 0 aromatic carbocycles. The Balaban J connectivity index is 2.06. The Hall–Kier alpha value is -1.24. The van der Waals surface area contributed by atoms with Crippen LogP contribution in [-0.2, 0) is 6.54 Å². The topological polar surface area (TPSA) is 47.8 Å². The maximum atomic E-state index is 12.1. The van der Waals surface area contributed by atoms with E-state index in [0.29, 0.717) is 11.0 Å². The van der Waals surface area contributed by atoms with Crippen molar-refractivity contribution in [2.45, 2.75) is 6.54 Å². The fourth-order valence-corrected chi connectivity index (χ4v) is 3.21. The molecule has 0 bridgehead atoms. The number of thiophene rings is 1. The fraction of sp³-hybridized carbons (Fsp3) is 0.100. The highest BCUT2D eigenvalue weighted by Gasteiger charge is 2.07. The Morgan fingerprint density at radius 2 is 2.24 bits per heavy atom. The van der Waals surface area contributed by atoms with E-state index in [4.69, 9.17) is 11.6 Å². The normalized spacial score (nSPS) is 11.1. The van der Waals surface area contributed by atoms with Crippen LogP contribution in [-0.4, -0.2) is 14.8 Å². The molecular weight excluding hydrogens is 278 g/mol. The van der Waals surface area contributed by atoms with Crippen LogP contribution in [0, 0.1) is 0 Å². The number of hydrogen-bond acceptors (Lipinski definition) is 5. The molecule has 0 fully saturated rings. The van der Waals surface area contributed by atoms with Gasteiger partial charge in [0.15, 0.2) is 0 Å². The second-order valence-electron chi connectivity index (χ2n) is 3.40. The molecule has 0 unspecified atom stereocenters. The van der Waals surface area contributed by atoms with Crippen molar-refractivity contribution < 1.29 is 0 Å². The van der Waals surface area contributed by atoms with E-state index in [1.165, 1.54) is 11.3 Å². The van der Waals surface area contributed by atoms with E-state index >= 15 is 0 Å². The summed E-state index contributed by atoms with van der Waals surface area (Å²) in [6.45, 7) is 0.412. The molecular formula is C10H6ClN3OS2. The van der Waals surface area contributed by atoms with Gasteiger partial charge in [0.05, 0.1) is 11.9 Å². The summed E-state index contributed by atoms with van der Waals surface area (Å²) >= 11 is 8.55. The number of hydrogen-bond donors (Lipinski definition) is 0. The maximum absolute atomic E-state index is 12.1. The molecule has 3 heterocycles. The minimum Gasteiger partial charge on any atom is -0.308 e. The van der Waals surface area contributed by atoms with Gasteiger partial charge in [0.2, 0.25) is 4.47 Å². The minimum atomic E-state index is -0.00456. The van der Waals surface area contributed by atoms with E-state index in [1.54, 1.807) is 22.1 Å². The molecule has 0 radical (unpaired) electrons. The Kier molecular flexibility index (Phi) is 2.70. The molecule has 86 valence electrons. The summed E-state index contributed by atoms with van der Waals surface area (Å²) in [6.07, 6.45) is 1.77. The monoisotopic (exact) mass is 283 g/mol. The molecule has 0 aliphatic carbocycles. The van der Waals surface area contributed by atoms with Gasteiger partial charge in [-0.2, -0.15) is 0 Å². The minimum absolute atomic E-state index is 0.00456. The van der Waals surface area contributed by atoms with E-state index in [1.807, 2.05) is 17.5 Å². The molecule has 0 saturated heterocycles. The molecule has 0 amide bonds. The van der Waals surface area contributed by atoms with Crippen LogP contribution in [0.15, 0.2) is 28.5 Å². The summed E-state index contributed by atoms with van der Waals surface area (Å²) < 4.78 is 3.01. The molecule has 3 aromatic heterocycles. The average Bonchev–Trinajstić information content (AvgIpc) is 2.92. The van der Waals surface area contributed by atoms with Gasteiger partial charge in [0, 0.05) is 10.9 Å². The zero-order valence-corrected chi connectivity index (χ0v) is 10.8. The van der Waals surface area contributed by atoms with Crippen molar-refractivity contribution in [1.82, 2.24) is 14.8 Å². The molecule has 0 atom stereocenters. The van der Waals surface area contributed by atoms with E-state index < -0.39 is 0 Å². The van der Waals surface area contributed by atoms with Gasteiger partial charge in [-0.05, 0) is 29.1 Å². The fourth-order valence-electron chi connectivity index (χ4n) is 1.57. The van der Waals surface area contributed by atoms with Gasteiger partial charge < -0.3 is 4.57 Å². The molecule has 3 aromatic rings. The van der Waals surface area contributed by atoms with Crippen LogP contribution in [0.1, 0.15) is 5.01 Å². The lowest BCUT2D eigenvalue weighted by Gasteiger charge is -2.01. The summed E-state index contributed by atoms with van der Waals surface area (Å²) in [5.74, 6) is 0. The smallest absolute Gasteiger partial charge is 0.259 e. The first-order valence-corrected chi connectivity index (χ1v) is 6.86. The number of halogens is 1. The van der Waals surface area contributed by atoms with E-state index in [0.717, 1.165) is 15.1 Å². The standard InChI is InChI=1S/C10H6ClN3OS2/c11-10-13-12-8(17-10)5-14-3-1-7-6(9(14)15)2-4-16-7/h1-4H,5H2. The van der Waals surface area contributed by atoms with Gasteiger partial charge in [-0.3, -0.25) is 4.79 Å². The van der Waals surface area contributed by atoms with Gasteiger partial charge >= 0.3 is 0 Å². The maximum Gasteiger partial charge on any atom is 0.259 e. The third-order valence-electron chi connectivity index (χ3n) is 2.34. The highest BCUT2D eigenvalue weighted by molar-refractivity contribution is 7.17. The van der Waals surface area contributed by atoms with Crippen molar-refractivity contribution in [2.75, 3.05) is 0 Å². The largest absolute Gasteiger partial charge is 0.308 e. The van der Waals surface area contributed by atoms with Crippen LogP contribution in [0.2, 0.25) is 4.47 Å². The number of aromatic nitrogens is 3. The summed E-state index contributed by atoms with van der Waals surface area (Å²) in [4.78, 5) is 12.1. The average molecular weight is 284 g/mol. The van der Waals surface area contributed by atoms with Crippen molar-refractivity contribution >= 4 is 44.4 Å². The summed E-state index contributed by atoms with van der Waals surface area (Å²) in [5, 5.41) is 11.0. The van der Waals surface area contributed by atoms with Crippen LogP contribution in [0.4, 0.5) is 0 Å².